The van der Waals surface area contributed by atoms with Crippen LogP contribution in [0.25, 0.3) is 0 Å². The summed E-state index contributed by atoms with van der Waals surface area (Å²) in [7, 11) is -3.00. The van der Waals surface area contributed by atoms with Gasteiger partial charge in [-0.2, -0.15) is 0 Å². The van der Waals surface area contributed by atoms with E-state index < -0.39 is 9.84 Å². The van der Waals surface area contributed by atoms with Crippen molar-refractivity contribution in [2.24, 2.45) is 0 Å². The molecule has 0 unspecified atom stereocenters. The highest BCUT2D eigenvalue weighted by atomic mass is 32.2. The van der Waals surface area contributed by atoms with Crippen molar-refractivity contribution in [1.82, 2.24) is 0 Å². The number of hydrogen-bond acceptors (Lipinski definition) is 3. The van der Waals surface area contributed by atoms with Crippen LogP contribution in [0.3, 0.4) is 0 Å². The Hall–Kier alpha value is -0.220. The molecule has 2 nitrogen and oxygen atoms in total. The van der Waals surface area contributed by atoms with Crippen LogP contribution in [-0.4, -0.2) is 18.4 Å². The van der Waals surface area contributed by atoms with Crippen molar-refractivity contribution >= 4 is 26.3 Å². The molecule has 1 rings (SSSR count). The van der Waals surface area contributed by atoms with Crippen molar-refractivity contribution in [2.45, 2.75) is 0 Å². The van der Waals surface area contributed by atoms with Gasteiger partial charge in [0.05, 0.1) is 5.75 Å². The fraction of sp³-hybridized carbons (Fsp3) is 0.250. The molecule has 44 valence electrons. The van der Waals surface area contributed by atoms with Gasteiger partial charge in [0.1, 0.15) is 4.20 Å². The Morgan fingerprint density at radius 3 is 2.38 bits per heavy atom. The first-order valence-corrected chi connectivity index (χ1v) is 4.12. The van der Waals surface area contributed by atoms with Crippen LogP contribution in [0.2, 0.25) is 0 Å². The molecule has 0 N–H and O–H groups in total. The van der Waals surface area contributed by atoms with Gasteiger partial charge in [-0.1, -0.05) is 18.3 Å². The molecule has 0 radical (unpaired) electrons. The summed E-state index contributed by atoms with van der Waals surface area (Å²) >= 11 is 4.48. The first kappa shape index (κ1) is 5.91. The zero-order valence-electron chi connectivity index (χ0n) is 3.99. The average Bonchev–Trinajstić information content (AvgIpc) is 1.86. The minimum absolute atomic E-state index is 0.0671. The van der Waals surface area contributed by atoms with Crippen LogP contribution in [0, 0.1) is 0 Å². The highest BCUT2D eigenvalue weighted by molar-refractivity contribution is 8.18. The van der Waals surface area contributed by atoms with Crippen LogP contribution in [0.5, 0.6) is 0 Å². The fourth-order valence-corrected chi connectivity index (χ4v) is 1.57. The molecule has 0 aliphatic carbocycles. The average molecular weight is 148 g/mol. The van der Waals surface area contributed by atoms with Crippen LogP contribution >= 0.6 is 12.2 Å². The van der Waals surface area contributed by atoms with Gasteiger partial charge in [-0.15, -0.1) is 0 Å². The molecule has 1 aliphatic rings. The van der Waals surface area contributed by atoms with Crippen molar-refractivity contribution in [3.63, 3.8) is 0 Å². The molecule has 0 saturated carbocycles. The maximum absolute atomic E-state index is 10.6. The summed E-state index contributed by atoms with van der Waals surface area (Å²) in [4.78, 5) is 0. The molecule has 0 aromatic rings. The van der Waals surface area contributed by atoms with Crippen molar-refractivity contribution in [2.75, 3.05) is 5.75 Å². The maximum atomic E-state index is 10.6. The van der Waals surface area contributed by atoms with E-state index >= 15 is 0 Å². The van der Waals surface area contributed by atoms with Gasteiger partial charge in [0.2, 0.25) is 0 Å². The Morgan fingerprint density at radius 2 is 2.25 bits per heavy atom. The van der Waals surface area contributed by atoms with Crippen LogP contribution in [-0.2, 0) is 9.84 Å². The molecule has 0 fully saturated rings. The molecule has 1 aliphatic heterocycles. The monoisotopic (exact) mass is 148 g/mol. The highest BCUT2D eigenvalue weighted by Gasteiger charge is 2.17. The van der Waals surface area contributed by atoms with E-state index in [9.17, 15) is 8.42 Å². The van der Waals surface area contributed by atoms with Gasteiger partial charge in [-0.3, -0.25) is 0 Å². The Balaban J connectivity index is 3.15. The first-order chi connectivity index (χ1) is 3.63. The quantitative estimate of drug-likeness (QED) is 0.463. The molecule has 8 heavy (non-hydrogen) atoms. The van der Waals surface area contributed by atoms with Gasteiger partial charge in [0.25, 0.3) is 0 Å². The lowest BCUT2D eigenvalue weighted by Crippen LogP contribution is -2.05. The van der Waals surface area contributed by atoms with E-state index in [2.05, 4.69) is 12.2 Å². The Morgan fingerprint density at radius 1 is 1.62 bits per heavy atom. The molecular formula is C4H4O2S2. The van der Waals surface area contributed by atoms with E-state index in [0.29, 0.717) is 0 Å². The third kappa shape index (κ3) is 0.809. The number of hydrogen-bond donors (Lipinski definition) is 0. The molecule has 4 heteroatoms. The lowest BCUT2D eigenvalue weighted by atomic mass is 10.6. The minimum atomic E-state index is -3.00. The second-order valence-corrected chi connectivity index (χ2v) is 4.20. The lowest BCUT2D eigenvalue weighted by molar-refractivity contribution is 0.611. The molecule has 0 aromatic carbocycles. The number of rotatable bonds is 0. The van der Waals surface area contributed by atoms with Crippen LogP contribution in [0.4, 0.5) is 0 Å². The first-order valence-electron chi connectivity index (χ1n) is 2.06. The number of thiocarbonyl (C=S) groups is 1. The van der Waals surface area contributed by atoms with Gasteiger partial charge >= 0.3 is 0 Å². The van der Waals surface area contributed by atoms with Crippen molar-refractivity contribution in [3.8, 4) is 0 Å². The maximum Gasteiger partial charge on any atom is 0.192 e. The third-order valence-electron chi connectivity index (χ3n) is 0.876. The van der Waals surface area contributed by atoms with Crippen molar-refractivity contribution < 1.29 is 8.42 Å². The smallest absolute Gasteiger partial charge is 0.192 e. The Kier molecular flexibility index (Phi) is 1.21. The predicted molar refractivity (Wildman–Crippen MR) is 35.5 cm³/mol. The van der Waals surface area contributed by atoms with Crippen LogP contribution in [0.15, 0.2) is 12.2 Å². The van der Waals surface area contributed by atoms with E-state index in [1.54, 1.807) is 6.08 Å². The molecule has 0 atom stereocenters. The van der Waals surface area contributed by atoms with Crippen molar-refractivity contribution in [3.05, 3.63) is 12.2 Å². The van der Waals surface area contributed by atoms with Crippen molar-refractivity contribution in [1.29, 1.82) is 0 Å². The summed E-state index contributed by atoms with van der Waals surface area (Å²) in [5.74, 6) is 0.0891. The number of sulfone groups is 1. The summed E-state index contributed by atoms with van der Waals surface area (Å²) in [5, 5.41) is 0. The highest BCUT2D eigenvalue weighted by Crippen LogP contribution is 2.04. The second-order valence-electron chi connectivity index (χ2n) is 1.50. The van der Waals surface area contributed by atoms with E-state index in [1.807, 2.05) is 0 Å². The Labute approximate surface area is 53.1 Å². The van der Waals surface area contributed by atoms with E-state index in [-0.39, 0.29) is 9.95 Å². The van der Waals surface area contributed by atoms with Gasteiger partial charge in [0, 0.05) is 0 Å². The lowest BCUT2D eigenvalue weighted by Gasteiger charge is -1.85. The normalized spacial score (nSPS) is 24.2. The standard InChI is InChI=1S/C4H4O2S2/c5-8(6)3-1-2-4(8)7/h1-2H,3H2. The van der Waals surface area contributed by atoms with Crippen LogP contribution in [0.1, 0.15) is 0 Å². The molecule has 0 saturated heterocycles. The van der Waals surface area contributed by atoms with E-state index in [0.717, 1.165) is 0 Å². The molecule has 0 spiro atoms. The molecule has 1 heterocycles. The zero-order chi connectivity index (χ0) is 6.20. The minimum Gasteiger partial charge on any atom is -0.223 e. The van der Waals surface area contributed by atoms with E-state index in [4.69, 9.17) is 0 Å². The third-order valence-corrected chi connectivity index (χ3v) is 3.15. The summed E-state index contributed by atoms with van der Waals surface area (Å²) in [6.45, 7) is 0. The molecular weight excluding hydrogens is 144 g/mol. The largest absolute Gasteiger partial charge is 0.223 e. The molecule has 0 aromatic heterocycles. The van der Waals surface area contributed by atoms with Gasteiger partial charge < -0.3 is 0 Å². The molecule has 0 bridgehead atoms. The van der Waals surface area contributed by atoms with Gasteiger partial charge in [-0.25, -0.2) is 8.42 Å². The summed E-state index contributed by atoms with van der Waals surface area (Å²) in [6.07, 6.45) is 3.00. The summed E-state index contributed by atoms with van der Waals surface area (Å²) < 4.78 is 21.2. The fourth-order valence-electron chi connectivity index (χ4n) is 0.457. The molecule has 0 amide bonds. The zero-order valence-corrected chi connectivity index (χ0v) is 5.63. The van der Waals surface area contributed by atoms with Gasteiger partial charge in [0.15, 0.2) is 9.84 Å². The summed E-state index contributed by atoms with van der Waals surface area (Å²) in [5.41, 5.74) is 0. The Bertz CT molecular complexity index is 235. The van der Waals surface area contributed by atoms with E-state index in [1.165, 1.54) is 6.08 Å². The topological polar surface area (TPSA) is 34.1 Å². The van der Waals surface area contributed by atoms with Crippen LogP contribution < -0.4 is 0 Å². The SMILES string of the molecule is O=S1(=O)CC=CC1=S. The predicted octanol–water partition coefficient (Wildman–Crippen LogP) is 0.298. The summed E-state index contributed by atoms with van der Waals surface area (Å²) in [6, 6.07) is 0. The van der Waals surface area contributed by atoms with Gasteiger partial charge in [-0.05, 0) is 6.08 Å². The second kappa shape index (κ2) is 1.63.